The van der Waals surface area contributed by atoms with Crippen molar-refractivity contribution in [2.45, 2.75) is 27.7 Å². The number of rotatable bonds is 10. The van der Waals surface area contributed by atoms with Crippen molar-refractivity contribution >= 4 is 36.7 Å². The van der Waals surface area contributed by atoms with Crippen LogP contribution >= 0.6 is 7.60 Å². The van der Waals surface area contributed by atoms with Crippen LogP contribution in [0.2, 0.25) is 0 Å². The van der Waals surface area contributed by atoms with Crippen molar-refractivity contribution in [2.75, 3.05) is 13.2 Å². The van der Waals surface area contributed by atoms with Crippen LogP contribution in [-0.4, -0.2) is 31.6 Å². The molecule has 3 aromatic rings. The molecule has 0 aromatic heterocycles. The van der Waals surface area contributed by atoms with Gasteiger partial charge in [-0.1, -0.05) is 0 Å². The SMILES string of the molecule is CCOP(=O)(OCC)/[C](=C\C(C)C)[Sn]([c]1ccccc1)([c]1ccccc1)[c]1ccccc1. The number of hydrogen-bond donors (Lipinski definition) is 0. The predicted molar refractivity (Wildman–Crippen MR) is 138 cm³/mol. The van der Waals surface area contributed by atoms with E-state index in [4.69, 9.17) is 9.05 Å². The molecular weight excluding hydrogens is 522 g/mol. The van der Waals surface area contributed by atoms with E-state index in [1.54, 1.807) is 0 Å². The summed E-state index contributed by atoms with van der Waals surface area (Å²) in [5, 5.41) is 0. The van der Waals surface area contributed by atoms with Gasteiger partial charge in [-0.25, -0.2) is 0 Å². The topological polar surface area (TPSA) is 35.5 Å². The Kier molecular flexibility index (Phi) is 8.95. The van der Waals surface area contributed by atoms with Crippen LogP contribution in [0, 0.1) is 5.92 Å². The maximum absolute atomic E-state index is 14.6. The fourth-order valence-electron chi connectivity index (χ4n) is 4.26. The summed E-state index contributed by atoms with van der Waals surface area (Å²) < 4.78 is 31.1. The third-order valence-electron chi connectivity index (χ3n) is 5.39. The standard InChI is InChI=1S/C9H18O3P.3C6H5.Sn/c1-5-11-13(10,12-6-2)8-7-9(3)4;3*1-2-4-6-5-3-1;/h7,9H,5-6H2,1-4H3;3*1-5H;. The molecule has 0 aliphatic heterocycles. The molecule has 0 N–H and O–H groups in total. The fourth-order valence-corrected chi connectivity index (χ4v) is 26.4. The monoisotopic (exact) mass is 556 g/mol. The van der Waals surface area contributed by atoms with Gasteiger partial charge in [0, 0.05) is 0 Å². The Morgan fingerprint density at radius 3 is 1.38 bits per heavy atom. The third-order valence-corrected chi connectivity index (χ3v) is 24.9. The van der Waals surface area contributed by atoms with Gasteiger partial charge in [0.15, 0.2) is 0 Å². The van der Waals surface area contributed by atoms with Crippen molar-refractivity contribution in [3.05, 3.63) is 100 Å². The van der Waals surface area contributed by atoms with Crippen molar-refractivity contribution in [3.63, 3.8) is 0 Å². The van der Waals surface area contributed by atoms with Crippen LogP contribution in [-0.2, 0) is 13.6 Å². The predicted octanol–water partition coefficient (Wildman–Crippen LogP) is 5.50. The van der Waals surface area contributed by atoms with E-state index in [1.807, 2.05) is 32.0 Å². The van der Waals surface area contributed by atoms with Crippen molar-refractivity contribution in [2.24, 2.45) is 5.92 Å². The molecule has 0 amide bonds. The average molecular weight is 555 g/mol. The van der Waals surface area contributed by atoms with Gasteiger partial charge in [-0.3, -0.25) is 0 Å². The summed E-state index contributed by atoms with van der Waals surface area (Å²) in [6, 6.07) is 31.7. The molecule has 168 valence electrons. The Morgan fingerprint density at radius 1 is 0.750 bits per heavy atom. The fraction of sp³-hybridized carbons (Fsp3) is 0.259. The summed E-state index contributed by atoms with van der Waals surface area (Å²) in [4.78, 5) is 0. The second-order valence-electron chi connectivity index (χ2n) is 7.98. The number of benzene rings is 3. The van der Waals surface area contributed by atoms with Crippen LogP contribution in [0.15, 0.2) is 100 Å². The van der Waals surface area contributed by atoms with Crippen molar-refractivity contribution < 1.29 is 13.6 Å². The Bertz CT molecular complexity index is 943. The van der Waals surface area contributed by atoms with Crippen LogP contribution < -0.4 is 10.7 Å². The summed E-state index contributed by atoms with van der Waals surface area (Å²) in [7, 11) is -3.55. The molecule has 3 rings (SSSR count). The van der Waals surface area contributed by atoms with E-state index in [1.165, 1.54) is 10.7 Å². The normalized spacial score (nSPS) is 12.8. The molecule has 3 aromatic carbocycles. The molecular formula is C27H33O3PSn. The molecule has 0 fully saturated rings. The summed E-state index contributed by atoms with van der Waals surface area (Å²) >= 11 is -4.07. The number of allylic oxidation sites excluding steroid dienone is 1. The molecule has 0 radical (unpaired) electrons. The molecule has 0 atom stereocenters. The molecule has 32 heavy (non-hydrogen) atoms. The summed E-state index contributed by atoms with van der Waals surface area (Å²) in [6.45, 7) is 8.66. The minimum absolute atomic E-state index is 0.187. The van der Waals surface area contributed by atoms with E-state index in [-0.39, 0.29) is 5.92 Å². The zero-order valence-electron chi connectivity index (χ0n) is 19.4. The molecule has 0 saturated heterocycles. The molecule has 3 nitrogen and oxygen atoms in total. The van der Waals surface area contributed by atoms with Crippen LogP contribution in [0.3, 0.4) is 0 Å². The van der Waals surface area contributed by atoms with Gasteiger partial charge in [0.2, 0.25) is 0 Å². The van der Waals surface area contributed by atoms with Crippen LogP contribution in [0.4, 0.5) is 0 Å². The van der Waals surface area contributed by atoms with Gasteiger partial charge in [0.05, 0.1) is 0 Å². The third kappa shape index (κ3) is 5.12. The van der Waals surface area contributed by atoms with Crippen LogP contribution in [0.5, 0.6) is 0 Å². The van der Waals surface area contributed by atoms with Gasteiger partial charge in [0.25, 0.3) is 0 Å². The van der Waals surface area contributed by atoms with Crippen molar-refractivity contribution in [1.29, 1.82) is 0 Å². The molecule has 0 spiro atoms. The van der Waals surface area contributed by atoms with Gasteiger partial charge in [-0.05, 0) is 0 Å². The maximum atomic E-state index is 14.6. The van der Waals surface area contributed by atoms with Crippen molar-refractivity contribution in [3.8, 4) is 0 Å². The van der Waals surface area contributed by atoms with E-state index >= 15 is 0 Å². The molecule has 0 unspecified atom stereocenters. The van der Waals surface area contributed by atoms with E-state index in [0.717, 1.165) is 3.33 Å². The van der Waals surface area contributed by atoms with Gasteiger partial charge in [0.1, 0.15) is 0 Å². The molecule has 0 bridgehead atoms. The van der Waals surface area contributed by atoms with Gasteiger partial charge in [-0.2, -0.15) is 0 Å². The summed E-state index contributed by atoms with van der Waals surface area (Å²) in [6.07, 6.45) is 2.16. The quantitative estimate of drug-likeness (QED) is 0.245. The van der Waals surface area contributed by atoms with Gasteiger partial charge in [-0.15, -0.1) is 0 Å². The number of hydrogen-bond acceptors (Lipinski definition) is 3. The molecule has 0 saturated carbocycles. The first-order valence-corrected chi connectivity index (χ1v) is 18.5. The van der Waals surface area contributed by atoms with Crippen LogP contribution in [0.1, 0.15) is 27.7 Å². The molecule has 0 aliphatic rings. The van der Waals surface area contributed by atoms with Gasteiger partial charge < -0.3 is 0 Å². The Hall–Kier alpha value is -1.65. The first-order chi connectivity index (χ1) is 15.5. The first kappa shape index (κ1) is 25.0. The molecule has 0 heterocycles. The first-order valence-electron chi connectivity index (χ1n) is 11.3. The zero-order valence-corrected chi connectivity index (χ0v) is 23.1. The second-order valence-corrected chi connectivity index (χ2v) is 21.9. The molecule has 0 aliphatic carbocycles. The van der Waals surface area contributed by atoms with Crippen molar-refractivity contribution in [1.82, 2.24) is 0 Å². The Balaban J connectivity index is 2.53. The summed E-state index contributed by atoms with van der Waals surface area (Å²) in [5.41, 5.74) is 0. The van der Waals surface area contributed by atoms with Gasteiger partial charge >= 0.3 is 198 Å². The zero-order chi connectivity index (χ0) is 23.0. The second kappa shape index (κ2) is 11.5. The van der Waals surface area contributed by atoms with Crippen LogP contribution in [0.25, 0.3) is 0 Å². The summed E-state index contributed by atoms with van der Waals surface area (Å²) in [5.74, 6) is 0.187. The minimum atomic E-state index is -4.07. The van der Waals surface area contributed by atoms with E-state index < -0.39 is 26.0 Å². The molecule has 5 heteroatoms. The average Bonchev–Trinajstić information content (AvgIpc) is 2.81. The van der Waals surface area contributed by atoms with E-state index in [9.17, 15) is 4.57 Å². The Morgan fingerprint density at radius 2 is 1.09 bits per heavy atom. The van der Waals surface area contributed by atoms with E-state index in [2.05, 4.69) is 92.7 Å². The Labute approximate surface area is 196 Å². The van der Waals surface area contributed by atoms with E-state index in [0.29, 0.717) is 13.2 Å².